The van der Waals surface area contributed by atoms with Crippen molar-refractivity contribution in [1.82, 2.24) is 0 Å². The molecule has 0 aromatic rings. The van der Waals surface area contributed by atoms with Crippen molar-refractivity contribution >= 4 is 5.97 Å². The van der Waals surface area contributed by atoms with Crippen molar-refractivity contribution in [3.63, 3.8) is 0 Å². The standard InChI is InChI=1S/C31H54O6/c1-8-34-28-18-24-26-13-12-25(21(4)11-9-10-20(2)3)29(26,6)16-15-27(24)30(7)17-14-23(35-22(5)32)19-31(30,36-28)37-33/h20-21,23-28,33H,8-19H2,1-7H3/t21-,23+,24+,25-,26+,27+,28-,29-,30-,31-/m1/s1. The highest BCUT2D eigenvalue weighted by Gasteiger charge is 2.67. The van der Waals surface area contributed by atoms with Crippen LogP contribution in [0.25, 0.3) is 0 Å². The van der Waals surface area contributed by atoms with Crippen LogP contribution in [0, 0.1) is 46.3 Å². The summed E-state index contributed by atoms with van der Waals surface area (Å²) in [4.78, 5) is 17.1. The molecule has 0 spiro atoms. The molecular weight excluding hydrogens is 468 g/mol. The Balaban J connectivity index is 1.61. The minimum Gasteiger partial charge on any atom is -0.462 e. The van der Waals surface area contributed by atoms with Gasteiger partial charge in [-0.3, -0.25) is 4.79 Å². The molecule has 3 saturated carbocycles. The van der Waals surface area contributed by atoms with E-state index in [1.807, 2.05) is 6.92 Å². The average Bonchev–Trinajstić information content (AvgIpc) is 3.13. The smallest absolute Gasteiger partial charge is 0.302 e. The Labute approximate surface area is 225 Å². The molecule has 0 aromatic heterocycles. The van der Waals surface area contributed by atoms with Gasteiger partial charge in [0.25, 0.3) is 0 Å². The number of fused-ring (bicyclic) bond motifs is 5. The quantitative estimate of drug-likeness (QED) is 0.191. The molecule has 0 bridgehead atoms. The van der Waals surface area contributed by atoms with Gasteiger partial charge in [-0.05, 0) is 86.4 Å². The molecule has 1 saturated heterocycles. The van der Waals surface area contributed by atoms with Gasteiger partial charge >= 0.3 is 5.97 Å². The summed E-state index contributed by atoms with van der Waals surface area (Å²) in [6, 6.07) is 0. The highest BCUT2D eigenvalue weighted by atomic mass is 17.2. The minimum atomic E-state index is -1.24. The van der Waals surface area contributed by atoms with E-state index in [9.17, 15) is 10.1 Å². The maximum atomic E-state index is 11.8. The molecule has 0 unspecified atom stereocenters. The fourth-order valence-corrected chi connectivity index (χ4v) is 9.64. The van der Waals surface area contributed by atoms with Crippen molar-refractivity contribution in [2.45, 2.75) is 137 Å². The summed E-state index contributed by atoms with van der Waals surface area (Å²) in [5, 5.41) is 10.4. The first kappa shape index (κ1) is 29.3. The molecule has 0 radical (unpaired) electrons. The van der Waals surface area contributed by atoms with E-state index in [4.69, 9.17) is 19.1 Å². The number of ether oxygens (including phenoxy) is 3. The molecule has 4 rings (SSSR count). The number of rotatable bonds is 9. The predicted octanol–water partition coefficient (Wildman–Crippen LogP) is 7.60. The van der Waals surface area contributed by atoms with Gasteiger partial charge in [-0.1, -0.05) is 53.9 Å². The van der Waals surface area contributed by atoms with Crippen molar-refractivity contribution in [3.05, 3.63) is 0 Å². The van der Waals surface area contributed by atoms with Gasteiger partial charge in [0.1, 0.15) is 6.10 Å². The Morgan fingerprint density at radius 2 is 1.81 bits per heavy atom. The molecule has 6 nitrogen and oxygen atoms in total. The lowest BCUT2D eigenvalue weighted by Gasteiger charge is -2.58. The van der Waals surface area contributed by atoms with Crippen LogP contribution < -0.4 is 0 Å². The second-order valence-corrected chi connectivity index (χ2v) is 13.9. The van der Waals surface area contributed by atoms with E-state index in [1.165, 1.54) is 45.4 Å². The molecule has 1 aliphatic heterocycles. The van der Waals surface area contributed by atoms with Gasteiger partial charge in [-0.25, -0.2) is 10.1 Å². The highest BCUT2D eigenvalue weighted by Crippen LogP contribution is 2.68. The van der Waals surface area contributed by atoms with Gasteiger partial charge in [0, 0.05) is 31.8 Å². The van der Waals surface area contributed by atoms with Crippen LogP contribution in [0.15, 0.2) is 0 Å². The first-order valence-electron chi connectivity index (χ1n) is 15.3. The largest absolute Gasteiger partial charge is 0.462 e. The zero-order valence-corrected chi connectivity index (χ0v) is 24.6. The Hall–Kier alpha value is -0.690. The van der Waals surface area contributed by atoms with Crippen LogP contribution in [0.2, 0.25) is 0 Å². The van der Waals surface area contributed by atoms with E-state index in [1.54, 1.807) is 0 Å². The van der Waals surface area contributed by atoms with Gasteiger partial charge < -0.3 is 14.2 Å². The molecule has 4 aliphatic rings. The second kappa shape index (κ2) is 11.4. The first-order valence-corrected chi connectivity index (χ1v) is 15.3. The Bertz CT molecular complexity index is 786. The van der Waals surface area contributed by atoms with Crippen LogP contribution in [0.3, 0.4) is 0 Å². The predicted molar refractivity (Wildman–Crippen MR) is 143 cm³/mol. The number of hydrogen-bond acceptors (Lipinski definition) is 6. The number of carbonyl (C=O) groups excluding carboxylic acids is 1. The van der Waals surface area contributed by atoms with E-state index in [0.717, 1.165) is 43.4 Å². The fourth-order valence-electron chi connectivity index (χ4n) is 9.64. The summed E-state index contributed by atoms with van der Waals surface area (Å²) >= 11 is 0. The van der Waals surface area contributed by atoms with Crippen molar-refractivity contribution in [2.24, 2.45) is 46.3 Å². The van der Waals surface area contributed by atoms with Crippen molar-refractivity contribution in [3.8, 4) is 0 Å². The van der Waals surface area contributed by atoms with Crippen molar-refractivity contribution in [1.29, 1.82) is 0 Å². The highest BCUT2D eigenvalue weighted by molar-refractivity contribution is 5.66. The SMILES string of the molecule is CCO[C@H]1C[C@H]2[C@@H]3CC[C@H]([C@H](C)CCCC(C)C)[C@@]3(C)CC[C@@H]2[C@@]2(C)CC[C@H](OC(C)=O)C[C@]2(OO)O1. The maximum Gasteiger partial charge on any atom is 0.302 e. The van der Waals surface area contributed by atoms with Crippen LogP contribution in [-0.4, -0.2) is 36.0 Å². The third kappa shape index (κ3) is 5.38. The van der Waals surface area contributed by atoms with Crippen LogP contribution in [-0.2, 0) is 23.9 Å². The average molecular weight is 523 g/mol. The van der Waals surface area contributed by atoms with Crippen molar-refractivity contribution in [2.75, 3.05) is 6.61 Å². The molecule has 0 aromatic carbocycles. The minimum absolute atomic E-state index is 0.303. The van der Waals surface area contributed by atoms with E-state index < -0.39 is 12.1 Å². The monoisotopic (exact) mass is 522 g/mol. The van der Waals surface area contributed by atoms with Gasteiger partial charge in [0.2, 0.25) is 5.79 Å². The third-order valence-corrected chi connectivity index (χ3v) is 11.4. The lowest BCUT2D eigenvalue weighted by molar-refractivity contribution is -0.471. The summed E-state index contributed by atoms with van der Waals surface area (Å²) in [5.41, 5.74) is -0.0369. The van der Waals surface area contributed by atoms with Gasteiger partial charge in [-0.2, -0.15) is 0 Å². The van der Waals surface area contributed by atoms with E-state index >= 15 is 0 Å². The van der Waals surface area contributed by atoms with Crippen LogP contribution >= 0.6 is 0 Å². The third-order valence-electron chi connectivity index (χ3n) is 11.4. The molecule has 1 heterocycles. The van der Waals surface area contributed by atoms with Gasteiger partial charge in [0.15, 0.2) is 6.29 Å². The van der Waals surface area contributed by atoms with Crippen LogP contribution in [0.5, 0.6) is 0 Å². The zero-order valence-electron chi connectivity index (χ0n) is 24.6. The summed E-state index contributed by atoms with van der Waals surface area (Å²) < 4.78 is 18.4. The number of esters is 1. The summed E-state index contributed by atoms with van der Waals surface area (Å²) in [7, 11) is 0. The topological polar surface area (TPSA) is 74.2 Å². The molecule has 6 heteroatoms. The Kier molecular flexibility index (Phi) is 9.05. The number of carbonyl (C=O) groups is 1. The second-order valence-electron chi connectivity index (χ2n) is 13.9. The lowest BCUT2D eigenvalue weighted by Crippen LogP contribution is -2.61. The molecule has 37 heavy (non-hydrogen) atoms. The van der Waals surface area contributed by atoms with Crippen LogP contribution in [0.1, 0.15) is 119 Å². The summed E-state index contributed by atoms with van der Waals surface area (Å²) in [5.74, 6) is 2.24. The molecule has 4 fully saturated rings. The summed E-state index contributed by atoms with van der Waals surface area (Å²) in [6.45, 7) is 16.0. The Morgan fingerprint density at radius 1 is 1.05 bits per heavy atom. The number of hydrogen-bond donors (Lipinski definition) is 1. The Morgan fingerprint density at radius 3 is 2.46 bits per heavy atom. The zero-order chi connectivity index (χ0) is 27.0. The van der Waals surface area contributed by atoms with Gasteiger partial charge in [-0.15, -0.1) is 0 Å². The lowest BCUT2D eigenvalue weighted by atomic mass is 9.49. The molecule has 3 aliphatic carbocycles. The molecule has 1 N–H and O–H groups in total. The molecule has 214 valence electrons. The van der Waals surface area contributed by atoms with E-state index in [0.29, 0.717) is 36.2 Å². The van der Waals surface area contributed by atoms with E-state index in [-0.39, 0.29) is 17.5 Å². The maximum absolute atomic E-state index is 11.8. The van der Waals surface area contributed by atoms with Crippen molar-refractivity contribution < 1.29 is 29.1 Å². The molecule has 0 amide bonds. The molecule has 10 atom stereocenters. The fraction of sp³-hybridized carbons (Fsp3) is 0.968. The van der Waals surface area contributed by atoms with E-state index in [2.05, 4.69) is 34.6 Å². The molecular formula is C31H54O6. The normalized spacial score (nSPS) is 44.5. The van der Waals surface area contributed by atoms with Crippen LogP contribution in [0.4, 0.5) is 0 Å². The first-order chi connectivity index (χ1) is 17.5. The summed E-state index contributed by atoms with van der Waals surface area (Å²) in [6.07, 6.45) is 10.9. The van der Waals surface area contributed by atoms with Gasteiger partial charge in [0.05, 0.1) is 0 Å².